The zero-order valence-corrected chi connectivity index (χ0v) is 15.6. The zero-order valence-electron chi connectivity index (χ0n) is 15.6. The molecule has 132 valence electrons. The zero-order chi connectivity index (χ0) is 18.7. The second kappa shape index (κ2) is 5.71. The summed E-state index contributed by atoms with van der Waals surface area (Å²) >= 11 is 0. The first-order chi connectivity index (χ1) is 13.8. The summed E-state index contributed by atoms with van der Waals surface area (Å²) in [5.74, 6) is 0.907. The molecule has 5 aromatic rings. The predicted molar refractivity (Wildman–Crippen MR) is 118 cm³/mol. The molecular formula is C27H18O. The smallest absolute Gasteiger partial charge is 0.126 e. The molecule has 0 spiro atoms. The Balaban J connectivity index is 1.78. The average Bonchev–Trinajstić information content (AvgIpc) is 3.08. The molecule has 0 fully saturated rings. The molecule has 0 aliphatic heterocycles. The molecule has 0 saturated heterocycles. The van der Waals surface area contributed by atoms with E-state index in [1.165, 1.54) is 49.4 Å². The van der Waals surface area contributed by atoms with Crippen molar-refractivity contribution in [3.05, 3.63) is 91.0 Å². The fraction of sp³-hybridized carbons (Fsp3) is 0.0370. The lowest BCUT2D eigenvalue weighted by Gasteiger charge is -2.14. The minimum atomic E-state index is 0.907. The number of fused-ring (bicyclic) bond motifs is 4. The van der Waals surface area contributed by atoms with Crippen molar-refractivity contribution < 1.29 is 4.74 Å². The fourth-order valence-corrected chi connectivity index (χ4v) is 4.64. The maximum atomic E-state index is 5.69. The van der Waals surface area contributed by atoms with E-state index >= 15 is 0 Å². The van der Waals surface area contributed by atoms with E-state index in [1.54, 1.807) is 7.11 Å². The SMILES string of the molecule is COc1ccccc1-c1ccc2cccc3c2c1-c1cc2ccccc2cc1-3. The van der Waals surface area contributed by atoms with E-state index in [0.717, 1.165) is 11.3 Å². The van der Waals surface area contributed by atoms with Gasteiger partial charge in [-0.15, -0.1) is 0 Å². The molecule has 0 heterocycles. The van der Waals surface area contributed by atoms with Crippen molar-refractivity contribution >= 4 is 21.5 Å². The number of rotatable bonds is 2. The monoisotopic (exact) mass is 358 g/mol. The molecule has 28 heavy (non-hydrogen) atoms. The molecule has 0 bridgehead atoms. The van der Waals surface area contributed by atoms with Crippen LogP contribution in [0.15, 0.2) is 91.0 Å². The van der Waals surface area contributed by atoms with E-state index < -0.39 is 0 Å². The molecule has 1 heteroatoms. The van der Waals surface area contributed by atoms with Gasteiger partial charge in [0.1, 0.15) is 5.75 Å². The van der Waals surface area contributed by atoms with Crippen molar-refractivity contribution in [2.24, 2.45) is 0 Å². The highest BCUT2D eigenvalue weighted by molar-refractivity contribution is 6.21. The van der Waals surface area contributed by atoms with Gasteiger partial charge in [-0.05, 0) is 67.6 Å². The molecule has 1 nitrogen and oxygen atoms in total. The van der Waals surface area contributed by atoms with Gasteiger partial charge >= 0.3 is 0 Å². The summed E-state index contributed by atoms with van der Waals surface area (Å²) in [6, 6.07) is 32.7. The highest BCUT2D eigenvalue weighted by Crippen LogP contribution is 2.52. The minimum absolute atomic E-state index is 0.907. The largest absolute Gasteiger partial charge is 0.496 e. The van der Waals surface area contributed by atoms with Crippen LogP contribution in [0.4, 0.5) is 0 Å². The van der Waals surface area contributed by atoms with Gasteiger partial charge in [-0.25, -0.2) is 0 Å². The van der Waals surface area contributed by atoms with Gasteiger partial charge < -0.3 is 4.74 Å². The second-order valence-electron chi connectivity index (χ2n) is 7.34. The fourth-order valence-electron chi connectivity index (χ4n) is 4.64. The van der Waals surface area contributed by atoms with Crippen molar-refractivity contribution in [3.8, 4) is 39.1 Å². The van der Waals surface area contributed by atoms with Crippen molar-refractivity contribution in [1.82, 2.24) is 0 Å². The van der Waals surface area contributed by atoms with Crippen LogP contribution < -0.4 is 4.74 Å². The van der Waals surface area contributed by atoms with Gasteiger partial charge in [0.2, 0.25) is 0 Å². The maximum absolute atomic E-state index is 5.69. The third-order valence-corrected chi connectivity index (χ3v) is 5.89. The second-order valence-corrected chi connectivity index (χ2v) is 7.34. The molecule has 1 aliphatic rings. The van der Waals surface area contributed by atoms with Crippen molar-refractivity contribution in [3.63, 3.8) is 0 Å². The summed E-state index contributed by atoms with van der Waals surface area (Å²) in [6.07, 6.45) is 0. The first kappa shape index (κ1) is 15.5. The third kappa shape index (κ3) is 2.02. The van der Waals surface area contributed by atoms with E-state index in [0.29, 0.717) is 0 Å². The van der Waals surface area contributed by atoms with Crippen LogP contribution in [0.2, 0.25) is 0 Å². The molecular weight excluding hydrogens is 340 g/mol. The Hall–Kier alpha value is -3.58. The number of para-hydroxylation sites is 1. The molecule has 0 saturated carbocycles. The topological polar surface area (TPSA) is 9.23 Å². The highest BCUT2D eigenvalue weighted by atomic mass is 16.5. The summed E-state index contributed by atoms with van der Waals surface area (Å²) in [6.45, 7) is 0. The van der Waals surface area contributed by atoms with Crippen LogP contribution in [0.3, 0.4) is 0 Å². The van der Waals surface area contributed by atoms with E-state index in [1.807, 2.05) is 12.1 Å². The molecule has 0 radical (unpaired) electrons. The van der Waals surface area contributed by atoms with Crippen LogP contribution >= 0.6 is 0 Å². The molecule has 0 amide bonds. The molecule has 0 N–H and O–H groups in total. The minimum Gasteiger partial charge on any atom is -0.496 e. The summed E-state index contributed by atoms with van der Waals surface area (Å²) in [4.78, 5) is 0. The number of ether oxygens (including phenoxy) is 1. The van der Waals surface area contributed by atoms with E-state index in [-0.39, 0.29) is 0 Å². The number of hydrogen-bond acceptors (Lipinski definition) is 1. The van der Waals surface area contributed by atoms with Gasteiger partial charge in [-0.3, -0.25) is 0 Å². The standard InChI is InChI=1S/C27H18O/c1-28-25-12-5-4-10-20(25)22-14-13-17-9-6-11-21-23-15-18-7-2-3-8-19(18)16-24(23)27(22)26(17)21/h2-16H,1H3. The number of benzene rings is 5. The molecule has 5 aromatic carbocycles. The number of hydrogen-bond donors (Lipinski definition) is 0. The molecule has 6 rings (SSSR count). The Labute approximate surface area is 163 Å². The first-order valence-electron chi connectivity index (χ1n) is 9.58. The van der Waals surface area contributed by atoms with E-state index in [4.69, 9.17) is 4.74 Å². The van der Waals surface area contributed by atoms with Crippen LogP contribution in [-0.4, -0.2) is 7.11 Å². The Bertz CT molecular complexity index is 1390. The molecule has 1 aliphatic carbocycles. The van der Waals surface area contributed by atoms with Gasteiger partial charge in [-0.1, -0.05) is 72.8 Å². The third-order valence-electron chi connectivity index (χ3n) is 5.89. The molecule has 0 atom stereocenters. The average molecular weight is 358 g/mol. The normalized spacial score (nSPS) is 11.8. The Morgan fingerprint density at radius 2 is 1.18 bits per heavy atom. The van der Waals surface area contributed by atoms with Gasteiger partial charge in [0.05, 0.1) is 7.11 Å². The lowest BCUT2D eigenvalue weighted by molar-refractivity contribution is 0.416. The highest BCUT2D eigenvalue weighted by Gasteiger charge is 2.25. The van der Waals surface area contributed by atoms with Gasteiger partial charge in [-0.2, -0.15) is 0 Å². The van der Waals surface area contributed by atoms with Crippen LogP contribution in [0.25, 0.3) is 54.9 Å². The summed E-state index contributed by atoms with van der Waals surface area (Å²) in [5.41, 5.74) is 7.64. The Morgan fingerprint density at radius 1 is 0.500 bits per heavy atom. The summed E-state index contributed by atoms with van der Waals surface area (Å²) < 4.78 is 5.69. The van der Waals surface area contributed by atoms with Crippen LogP contribution in [-0.2, 0) is 0 Å². The van der Waals surface area contributed by atoms with Gasteiger partial charge in [0, 0.05) is 5.56 Å². The lowest BCUT2D eigenvalue weighted by atomic mass is 9.92. The molecule has 0 aromatic heterocycles. The quantitative estimate of drug-likeness (QED) is 0.315. The summed E-state index contributed by atoms with van der Waals surface area (Å²) in [5, 5.41) is 5.18. The van der Waals surface area contributed by atoms with Crippen molar-refractivity contribution in [2.75, 3.05) is 7.11 Å². The van der Waals surface area contributed by atoms with Crippen LogP contribution in [0, 0.1) is 0 Å². The van der Waals surface area contributed by atoms with Crippen LogP contribution in [0.5, 0.6) is 5.75 Å². The predicted octanol–water partition coefficient (Wildman–Crippen LogP) is 7.32. The summed E-state index contributed by atoms with van der Waals surface area (Å²) in [7, 11) is 1.74. The molecule has 0 unspecified atom stereocenters. The Morgan fingerprint density at radius 3 is 2.00 bits per heavy atom. The maximum Gasteiger partial charge on any atom is 0.126 e. The lowest BCUT2D eigenvalue weighted by Crippen LogP contribution is -1.90. The van der Waals surface area contributed by atoms with Crippen molar-refractivity contribution in [1.29, 1.82) is 0 Å². The van der Waals surface area contributed by atoms with E-state index in [9.17, 15) is 0 Å². The van der Waals surface area contributed by atoms with E-state index in [2.05, 4.69) is 78.9 Å². The number of methoxy groups -OCH3 is 1. The first-order valence-corrected chi connectivity index (χ1v) is 9.58. The van der Waals surface area contributed by atoms with Crippen LogP contribution in [0.1, 0.15) is 0 Å². The van der Waals surface area contributed by atoms with Gasteiger partial charge in [0.25, 0.3) is 0 Å². The van der Waals surface area contributed by atoms with Crippen molar-refractivity contribution in [2.45, 2.75) is 0 Å². The Kier molecular flexibility index (Phi) is 3.15. The van der Waals surface area contributed by atoms with Gasteiger partial charge in [0.15, 0.2) is 0 Å².